The maximum atomic E-state index is 11.9. The summed E-state index contributed by atoms with van der Waals surface area (Å²) in [6.07, 6.45) is 0. The van der Waals surface area contributed by atoms with E-state index >= 15 is 0 Å². The van der Waals surface area contributed by atoms with Crippen LogP contribution in [0.15, 0.2) is 16.3 Å². The van der Waals surface area contributed by atoms with Crippen LogP contribution in [-0.4, -0.2) is 40.8 Å². The Bertz CT molecular complexity index is 468. The lowest BCUT2D eigenvalue weighted by Crippen LogP contribution is -2.48. The van der Waals surface area contributed by atoms with Gasteiger partial charge >= 0.3 is 0 Å². The highest BCUT2D eigenvalue weighted by molar-refractivity contribution is 7.91. The molecule has 0 amide bonds. The molecule has 1 aromatic heterocycles. The molecule has 1 aromatic rings. The van der Waals surface area contributed by atoms with Gasteiger partial charge in [0.15, 0.2) is 0 Å². The van der Waals surface area contributed by atoms with Crippen molar-refractivity contribution in [2.75, 3.05) is 26.3 Å². The Hall–Kier alpha value is -0.180. The molecule has 1 saturated heterocycles. The van der Waals surface area contributed by atoms with Gasteiger partial charge in [0.25, 0.3) is 0 Å². The minimum absolute atomic E-state index is 0.0222. The first-order valence-corrected chi connectivity index (χ1v) is 7.82. The first kappa shape index (κ1) is 13.3. The number of ether oxygens (including phenoxy) is 1. The monoisotopic (exact) mass is 296 g/mol. The van der Waals surface area contributed by atoms with Crippen LogP contribution in [0.5, 0.6) is 0 Å². The molecule has 1 aliphatic heterocycles. The van der Waals surface area contributed by atoms with Crippen molar-refractivity contribution in [2.45, 2.75) is 10.3 Å². The zero-order valence-corrected chi connectivity index (χ0v) is 11.4. The summed E-state index contributed by atoms with van der Waals surface area (Å²) in [4.78, 5) is 0. The summed E-state index contributed by atoms with van der Waals surface area (Å²) in [6, 6.07) is 3.09. The lowest BCUT2D eigenvalue weighted by Gasteiger charge is -2.23. The maximum absolute atomic E-state index is 11.9. The second kappa shape index (κ2) is 5.64. The number of hydrogen-bond donors (Lipinski definition) is 2. The lowest BCUT2D eigenvalue weighted by atomic mass is 10.3. The van der Waals surface area contributed by atoms with Gasteiger partial charge in [-0.2, -0.15) is 0 Å². The predicted molar refractivity (Wildman–Crippen MR) is 67.1 cm³/mol. The van der Waals surface area contributed by atoms with Gasteiger partial charge in [0.05, 0.1) is 17.6 Å². The number of sulfonamides is 1. The fourth-order valence-electron chi connectivity index (χ4n) is 1.47. The van der Waals surface area contributed by atoms with Gasteiger partial charge in [-0.1, -0.05) is 11.6 Å². The van der Waals surface area contributed by atoms with Crippen LogP contribution in [0.1, 0.15) is 0 Å². The molecule has 0 aromatic carbocycles. The standard InChI is InChI=1S/C9H13ClN2O3S2/c10-8-1-2-9(16-8)17(13,14)12-5-7-6-15-4-3-11-7/h1-2,7,11-12H,3-6H2. The zero-order valence-electron chi connectivity index (χ0n) is 8.98. The Kier molecular flexibility index (Phi) is 4.40. The molecule has 1 unspecified atom stereocenters. The molecule has 2 N–H and O–H groups in total. The van der Waals surface area contributed by atoms with E-state index in [-0.39, 0.29) is 10.3 Å². The molecule has 0 aliphatic carbocycles. The minimum Gasteiger partial charge on any atom is -0.378 e. The highest BCUT2D eigenvalue weighted by Crippen LogP contribution is 2.25. The topological polar surface area (TPSA) is 67.4 Å². The van der Waals surface area contributed by atoms with Gasteiger partial charge < -0.3 is 10.1 Å². The van der Waals surface area contributed by atoms with Crippen molar-refractivity contribution in [3.63, 3.8) is 0 Å². The quantitative estimate of drug-likeness (QED) is 0.857. The third-order valence-corrected chi connectivity index (χ3v) is 5.48. The summed E-state index contributed by atoms with van der Waals surface area (Å²) in [5.41, 5.74) is 0. The molecule has 8 heteroatoms. The molecule has 96 valence electrons. The van der Waals surface area contributed by atoms with Gasteiger partial charge in [-0.15, -0.1) is 11.3 Å². The van der Waals surface area contributed by atoms with E-state index in [1.807, 2.05) is 0 Å². The summed E-state index contributed by atoms with van der Waals surface area (Å²) in [6.45, 7) is 2.26. The molecule has 0 bridgehead atoms. The predicted octanol–water partition coefficient (Wildman–Crippen LogP) is 0.668. The van der Waals surface area contributed by atoms with E-state index in [9.17, 15) is 8.42 Å². The Morgan fingerprint density at radius 3 is 3.00 bits per heavy atom. The zero-order chi connectivity index (χ0) is 12.3. The third kappa shape index (κ3) is 3.64. The second-order valence-electron chi connectivity index (χ2n) is 3.64. The van der Waals surface area contributed by atoms with Crippen molar-refractivity contribution in [1.29, 1.82) is 0 Å². The molecule has 1 atom stereocenters. The minimum atomic E-state index is -3.45. The van der Waals surface area contributed by atoms with Crippen LogP contribution in [0.2, 0.25) is 4.34 Å². The third-order valence-electron chi connectivity index (χ3n) is 2.33. The summed E-state index contributed by atoms with van der Waals surface area (Å²) in [7, 11) is -3.45. The Morgan fingerprint density at radius 1 is 1.59 bits per heavy atom. The Morgan fingerprint density at radius 2 is 2.41 bits per heavy atom. The molecule has 1 fully saturated rings. The fraction of sp³-hybridized carbons (Fsp3) is 0.556. The molecule has 5 nitrogen and oxygen atoms in total. The smallest absolute Gasteiger partial charge is 0.250 e. The summed E-state index contributed by atoms with van der Waals surface area (Å²) in [5.74, 6) is 0. The van der Waals surface area contributed by atoms with Crippen molar-refractivity contribution in [3.05, 3.63) is 16.5 Å². The van der Waals surface area contributed by atoms with Crippen LogP contribution in [0.3, 0.4) is 0 Å². The van der Waals surface area contributed by atoms with Crippen LogP contribution < -0.4 is 10.0 Å². The Labute approximate surface area is 109 Å². The second-order valence-corrected chi connectivity index (χ2v) is 7.35. The van der Waals surface area contributed by atoms with Crippen molar-refractivity contribution in [3.8, 4) is 0 Å². The van der Waals surface area contributed by atoms with Crippen molar-refractivity contribution in [2.24, 2.45) is 0 Å². The molecule has 2 heterocycles. The van der Waals surface area contributed by atoms with Gasteiger partial charge in [0, 0.05) is 19.1 Å². The summed E-state index contributed by atoms with van der Waals surface area (Å²) < 4.78 is 32.2. The van der Waals surface area contributed by atoms with E-state index in [2.05, 4.69) is 10.0 Å². The van der Waals surface area contributed by atoms with Crippen molar-refractivity contribution in [1.82, 2.24) is 10.0 Å². The van der Waals surface area contributed by atoms with E-state index in [4.69, 9.17) is 16.3 Å². The lowest BCUT2D eigenvalue weighted by molar-refractivity contribution is 0.0784. The average molecular weight is 297 g/mol. The normalized spacial score (nSPS) is 21.6. The molecule has 0 saturated carbocycles. The first-order chi connectivity index (χ1) is 8.08. The number of nitrogens with one attached hydrogen (secondary N) is 2. The van der Waals surface area contributed by atoms with E-state index in [1.165, 1.54) is 6.07 Å². The highest BCUT2D eigenvalue weighted by Gasteiger charge is 2.20. The first-order valence-electron chi connectivity index (χ1n) is 5.14. The van der Waals surface area contributed by atoms with Crippen LogP contribution in [0.4, 0.5) is 0 Å². The maximum Gasteiger partial charge on any atom is 0.250 e. The summed E-state index contributed by atoms with van der Waals surface area (Å²) in [5, 5.41) is 3.17. The van der Waals surface area contributed by atoms with Gasteiger partial charge in [-0.25, -0.2) is 13.1 Å². The SMILES string of the molecule is O=S(=O)(NCC1COCCN1)c1ccc(Cl)s1. The number of thiophene rings is 1. The van der Waals surface area contributed by atoms with Crippen LogP contribution >= 0.6 is 22.9 Å². The van der Waals surface area contributed by atoms with E-state index in [0.29, 0.717) is 24.1 Å². The van der Waals surface area contributed by atoms with Gasteiger partial charge in [-0.05, 0) is 12.1 Å². The van der Waals surface area contributed by atoms with Crippen molar-refractivity contribution < 1.29 is 13.2 Å². The molecule has 2 rings (SSSR count). The van der Waals surface area contributed by atoms with Gasteiger partial charge in [-0.3, -0.25) is 0 Å². The van der Waals surface area contributed by atoms with E-state index < -0.39 is 10.0 Å². The Balaban J connectivity index is 1.93. The van der Waals surface area contributed by atoms with Crippen LogP contribution in [0.25, 0.3) is 0 Å². The number of hydrogen-bond acceptors (Lipinski definition) is 5. The molecular weight excluding hydrogens is 284 g/mol. The molecule has 0 radical (unpaired) electrons. The van der Waals surface area contributed by atoms with Crippen LogP contribution in [0, 0.1) is 0 Å². The largest absolute Gasteiger partial charge is 0.378 e. The molecule has 0 spiro atoms. The number of halogens is 1. The van der Waals surface area contributed by atoms with Gasteiger partial charge in [0.1, 0.15) is 4.21 Å². The van der Waals surface area contributed by atoms with Crippen molar-refractivity contribution >= 4 is 33.0 Å². The van der Waals surface area contributed by atoms with E-state index in [0.717, 1.165) is 17.9 Å². The van der Waals surface area contributed by atoms with E-state index in [1.54, 1.807) is 6.07 Å². The number of morpholine rings is 1. The fourth-order valence-corrected chi connectivity index (χ4v) is 4.08. The highest BCUT2D eigenvalue weighted by atomic mass is 35.5. The number of rotatable bonds is 4. The molecular formula is C9H13ClN2O3S2. The molecule has 1 aliphatic rings. The summed E-state index contributed by atoms with van der Waals surface area (Å²) >= 11 is 6.75. The van der Waals surface area contributed by atoms with Crippen LogP contribution in [-0.2, 0) is 14.8 Å². The molecule has 17 heavy (non-hydrogen) atoms. The average Bonchev–Trinajstić information content (AvgIpc) is 2.76. The van der Waals surface area contributed by atoms with Gasteiger partial charge in [0.2, 0.25) is 10.0 Å².